The molecule has 1 amide bonds. The first-order valence-corrected chi connectivity index (χ1v) is 7.18. The molecule has 1 aromatic rings. The van der Waals surface area contributed by atoms with E-state index in [1.54, 1.807) is 0 Å². The predicted octanol–water partition coefficient (Wildman–Crippen LogP) is 1.98. The number of hydrogen-bond acceptors (Lipinski definition) is 3. The summed E-state index contributed by atoms with van der Waals surface area (Å²) in [4.78, 5) is 13.5. The van der Waals surface area contributed by atoms with Gasteiger partial charge < -0.3 is 11.1 Å². The fourth-order valence-electron chi connectivity index (χ4n) is 2.20. The van der Waals surface area contributed by atoms with E-state index < -0.39 is 0 Å². The summed E-state index contributed by atoms with van der Waals surface area (Å²) in [6, 6.07) is 3.70. The van der Waals surface area contributed by atoms with E-state index in [1.807, 2.05) is 12.1 Å². The van der Waals surface area contributed by atoms with E-state index in [4.69, 9.17) is 5.73 Å². The zero-order valence-corrected chi connectivity index (χ0v) is 11.2. The van der Waals surface area contributed by atoms with Crippen LogP contribution in [0.1, 0.15) is 40.2 Å². The highest BCUT2D eigenvalue weighted by Gasteiger charge is 2.16. The minimum atomic E-state index is 0.0210. The zero-order valence-electron chi connectivity index (χ0n) is 10.4. The van der Waals surface area contributed by atoms with Gasteiger partial charge in [0.05, 0.1) is 16.3 Å². The molecule has 18 heavy (non-hydrogen) atoms. The van der Waals surface area contributed by atoms with Crippen molar-refractivity contribution in [1.29, 1.82) is 0 Å². The molecule has 0 bridgehead atoms. The molecular formula is C14H18N2OS. The Morgan fingerprint density at radius 3 is 2.94 bits per heavy atom. The predicted molar refractivity (Wildman–Crippen MR) is 74.5 cm³/mol. The maximum absolute atomic E-state index is 11.9. The number of carbonyl (C=O) groups excluding carboxylic acids is 1. The number of nitrogens with one attached hydrogen (secondary N) is 1. The normalized spacial score (nSPS) is 15.2. The molecule has 1 aliphatic carbocycles. The number of nitrogens with two attached hydrogens (primary N) is 1. The molecule has 0 saturated heterocycles. The Morgan fingerprint density at radius 2 is 2.22 bits per heavy atom. The summed E-state index contributed by atoms with van der Waals surface area (Å²) in [7, 11) is 0. The Hall–Kier alpha value is -1.31. The van der Waals surface area contributed by atoms with E-state index in [2.05, 4.69) is 17.2 Å². The molecule has 1 fully saturated rings. The number of amides is 1. The van der Waals surface area contributed by atoms with Crippen LogP contribution >= 0.6 is 11.3 Å². The van der Waals surface area contributed by atoms with E-state index in [0.717, 1.165) is 16.3 Å². The Bertz CT molecular complexity index is 464. The highest BCUT2D eigenvalue weighted by atomic mass is 32.1. The fourth-order valence-corrected chi connectivity index (χ4v) is 3.00. The Kier molecular flexibility index (Phi) is 4.80. The lowest BCUT2D eigenvalue weighted by Crippen LogP contribution is -2.27. The van der Waals surface area contributed by atoms with Crippen molar-refractivity contribution < 1.29 is 4.79 Å². The number of carbonyl (C=O) groups is 1. The highest BCUT2D eigenvalue weighted by molar-refractivity contribution is 7.14. The third-order valence-corrected chi connectivity index (χ3v) is 4.17. The molecule has 0 aliphatic heterocycles. The van der Waals surface area contributed by atoms with Crippen LogP contribution in [0.4, 0.5) is 0 Å². The third kappa shape index (κ3) is 3.59. The van der Waals surface area contributed by atoms with Gasteiger partial charge in [-0.05, 0) is 30.9 Å². The van der Waals surface area contributed by atoms with Crippen LogP contribution in [0.5, 0.6) is 0 Å². The van der Waals surface area contributed by atoms with Gasteiger partial charge in [0.25, 0.3) is 5.91 Å². The molecule has 0 aromatic carbocycles. The first-order valence-electron chi connectivity index (χ1n) is 6.36. The average Bonchev–Trinajstić information content (AvgIpc) is 3.04. The minimum Gasteiger partial charge on any atom is -0.351 e. The summed E-state index contributed by atoms with van der Waals surface area (Å²) < 4.78 is 0. The van der Waals surface area contributed by atoms with E-state index >= 15 is 0 Å². The SMILES string of the molecule is NCC#Cc1ccc(C(=O)NCC2CCCC2)s1. The van der Waals surface area contributed by atoms with Crippen molar-refractivity contribution in [2.75, 3.05) is 13.1 Å². The van der Waals surface area contributed by atoms with Gasteiger partial charge in [0, 0.05) is 6.54 Å². The van der Waals surface area contributed by atoms with Crippen LogP contribution in [0.25, 0.3) is 0 Å². The number of rotatable bonds is 3. The standard InChI is InChI=1S/C14H18N2OS/c15-9-3-6-12-7-8-13(18-12)14(17)16-10-11-4-1-2-5-11/h7-8,11H,1-2,4-5,9-10,15H2,(H,16,17). The van der Waals surface area contributed by atoms with E-state index in [1.165, 1.54) is 37.0 Å². The number of thiophene rings is 1. The van der Waals surface area contributed by atoms with Gasteiger partial charge in [-0.3, -0.25) is 4.79 Å². The maximum Gasteiger partial charge on any atom is 0.261 e. The van der Waals surface area contributed by atoms with Crippen LogP contribution in [-0.2, 0) is 0 Å². The second-order valence-corrected chi connectivity index (χ2v) is 5.61. The molecule has 0 atom stereocenters. The van der Waals surface area contributed by atoms with Crippen molar-refractivity contribution in [1.82, 2.24) is 5.32 Å². The summed E-state index contributed by atoms with van der Waals surface area (Å²) in [5.41, 5.74) is 5.31. The van der Waals surface area contributed by atoms with Crippen LogP contribution in [0.3, 0.4) is 0 Å². The van der Waals surface area contributed by atoms with Crippen LogP contribution in [0.15, 0.2) is 12.1 Å². The van der Waals surface area contributed by atoms with Crippen molar-refractivity contribution in [3.05, 3.63) is 21.9 Å². The lowest BCUT2D eigenvalue weighted by molar-refractivity contribution is 0.0951. The van der Waals surface area contributed by atoms with E-state index in [9.17, 15) is 4.79 Å². The summed E-state index contributed by atoms with van der Waals surface area (Å²) >= 11 is 1.42. The highest BCUT2D eigenvalue weighted by Crippen LogP contribution is 2.24. The molecule has 1 heterocycles. The summed E-state index contributed by atoms with van der Waals surface area (Å²) in [5, 5.41) is 3.01. The van der Waals surface area contributed by atoms with Crippen molar-refractivity contribution in [3.63, 3.8) is 0 Å². The van der Waals surface area contributed by atoms with Crippen LogP contribution in [0, 0.1) is 17.8 Å². The summed E-state index contributed by atoms with van der Waals surface area (Å²) in [5.74, 6) is 6.42. The molecule has 1 saturated carbocycles. The van der Waals surface area contributed by atoms with Crippen molar-refractivity contribution in [2.45, 2.75) is 25.7 Å². The average molecular weight is 262 g/mol. The molecule has 3 N–H and O–H groups in total. The molecule has 4 heteroatoms. The van der Waals surface area contributed by atoms with Gasteiger partial charge in [0.2, 0.25) is 0 Å². The molecule has 0 radical (unpaired) electrons. The first-order chi connectivity index (χ1) is 8.79. The molecule has 0 spiro atoms. The lowest BCUT2D eigenvalue weighted by atomic mass is 10.1. The van der Waals surface area contributed by atoms with Gasteiger partial charge in [-0.15, -0.1) is 11.3 Å². The second kappa shape index (κ2) is 6.58. The summed E-state index contributed by atoms with van der Waals surface area (Å²) in [6.45, 7) is 1.15. The van der Waals surface area contributed by atoms with Crippen molar-refractivity contribution >= 4 is 17.2 Å². The van der Waals surface area contributed by atoms with Crippen molar-refractivity contribution in [3.8, 4) is 11.8 Å². The maximum atomic E-state index is 11.9. The van der Waals surface area contributed by atoms with Gasteiger partial charge >= 0.3 is 0 Å². The molecular weight excluding hydrogens is 244 g/mol. The van der Waals surface area contributed by atoms with Crippen LogP contribution < -0.4 is 11.1 Å². The van der Waals surface area contributed by atoms with Gasteiger partial charge in [-0.25, -0.2) is 0 Å². The topological polar surface area (TPSA) is 55.1 Å². The first kappa shape index (κ1) is 13.1. The van der Waals surface area contributed by atoms with Crippen LogP contribution in [0.2, 0.25) is 0 Å². The molecule has 96 valence electrons. The van der Waals surface area contributed by atoms with Gasteiger partial charge in [0.1, 0.15) is 0 Å². The second-order valence-electron chi connectivity index (χ2n) is 4.53. The molecule has 0 unspecified atom stereocenters. The fraction of sp³-hybridized carbons (Fsp3) is 0.500. The lowest BCUT2D eigenvalue weighted by Gasteiger charge is -2.09. The smallest absolute Gasteiger partial charge is 0.261 e. The Labute approximate surface area is 112 Å². The molecule has 1 aliphatic rings. The van der Waals surface area contributed by atoms with E-state index in [-0.39, 0.29) is 5.91 Å². The molecule has 2 rings (SSSR count). The van der Waals surface area contributed by atoms with Crippen molar-refractivity contribution in [2.24, 2.45) is 11.7 Å². The monoisotopic (exact) mass is 262 g/mol. The van der Waals surface area contributed by atoms with Crippen LogP contribution in [-0.4, -0.2) is 19.0 Å². The van der Waals surface area contributed by atoms with Gasteiger partial charge in [0.15, 0.2) is 0 Å². The molecule has 1 aromatic heterocycles. The minimum absolute atomic E-state index is 0.0210. The zero-order chi connectivity index (χ0) is 12.8. The quantitative estimate of drug-likeness (QED) is 0.818. The van der Waals surface area contributed by atoms with Gasteiger partial charge in [-0.2, -0.15) is 0 Å². The largest absolute Gasteiger partial charge is 0.351 e. The summed E-state index contributed by atoms with van der Waals surface area (Å²) in [6.07, 6.45) is 5.10. The third-order valence-electron chi connectivity index (χ3n) is 3.17. The van der Waals surface area contributed by atoms with Gasteiger partial charge in [-0.1, -0.05) is 24.7 Å². The van der Waals surface area contributed by atoms with E-state index in [0.29, 0.717) is 12.5 Å². The number of hydrogen-bond donors (Lipinski definition) is 2. The molecule has 3 nitrogen and oxygen atoms in total. The Balaban J connectivity index is 1.86. The Morgan fingerprint density at radius 1 is 1.44 bits per heavy atom.